The number of ketones is 1. The molecule has 4 aliphatic rings. The first-order valence-corrected chi connectivity index (χ1v) is 17.5. The molecule has 0 radical (unpaired) electrons. The van der Waals surface area contributed by atoms with Crippen LogP contribution in [0.25, 0.3) is 11.1 Å². The maximum atomic E-state index is 15.4. The molecule has 47 heavy (non-hydrogen) atoms. The molecule has 0 spiro atoms. The second kappa shape index (κ2) is 11.2. The van der Waals surface area contributed by atoms with Crippen LogP contribution in [0.3, 0.4) is 0 Å². The minimum Gasteiger partial charge on any atom is -0.319 e. The Morgan fingerprint density at radius 3 is 1.43 bits per heavy atom. The van der Waals surface area contributed by atoms with Crippen molar-refractivity contribution in [2.45, 2.75) is 56.9 Å². The van der Waals surface area contributed by atoms with Crippen molar-refractivity contribution in [3.05, 3.63) is 173 Å². The number of aromatic nitrogens is 2. The van der Waals surface area contributed by atoms with Gasteiger partial charge in [0.25, 0.3) is 0 Å². The summed E-state index contributed by atoms with van der Waals surface area (Å²) in [6.07, 6.45) is 12.3. The lowest BCUT2D eigenvalue weighted by Gasteiger charge is -2.35. The minimum absolute atomic E-state index is 0.229. The van der Waals surface area contributed by atoms with Gasteiger partial charge < -0.3 is 4.57 Å². The van der Waals surface area contributed by atoms with Gasteiger partial charge in [0.05, 0.1) is 11.0 Å². The van der Waals surface area contributed by atoms with Crippen LogP contribution in [0.15, 0.2) is 145 Å². The first-order chi connectivity index (χ1) is 23.2. The zero-order valence-corrected chi connectivity index (χ0v) is 26.8. The highest BCUT2D eigenvalue weighted by molar-refractivity contribution is 6.03. The van der Waals surface area contributed by atoms with E-state index in [1.165, 1.54) is 44.5 Å². The van der Waals surface area contributed by atoms with Gasteiger partial charge in [-0.15, -0.1) is 0 Å². The third-order valence-corrected chi connectivity index (χ3v) is 12.0. The molecule has 232 valence electrons. The second-order valence-corrected chi connectivity index (χ2v) is 14.2. The average molecular weight is 613 g/mol. The van der Waals surface area contributed by atoms with E-state index in [-0.39, 0.29) is 11.3 Å². The maximum absolute atomic E-state index is 15.4. The lowest BCUT2D eigenvalue weighted by atomic mass is 9.74. The third-order valence-electron chi connectivity index (χ3n) is 12.0. The van der Waals surface area contributed by atoms with Crippen molar-refractivity contribution >= 4 is 16.9 Å². The fourth-order valence-electron chi connectivity index (χ4n) is 10.1. The Labute approximate surface area is 277 Å². The summed E-state index contributed by atoms with van der Waals surface area (Å²) in [5.74, 6) is 1.82. The van der Waals surface area contributed by atoms with Crippen LogP contribution in [0.2, 0.25) is 0 Å². The molecule has 0 N–H and O–H groups in total. The topological polar surface area (TPSA) is 34.9 Å². The van der Waals surface area contributed by atoms with Crippen molar-refractivity contribution in [3.63, 3.8) is 0 Å². The van der Waals surface area contributed by atoms with Gasteiger partial charge in [-0.2, -0.15) is 0 Å². The maximum Gasteiger partial charge on any atom is 0.208 e. The van der Waals surface area contributed by atoms with E-state index < -0.39 is 5.41 Å². The van der Waals surface area contributed by atoms with E-state index in [1.807, 2.05) is 6.20 Å². The van der Waals surface area contributed by atoms with Crippen LogP contribution >= 0.6 is 0 Å². The zero-order chi connectivity index (χ0) is 31.4. The molecule has 1 aromatic heterocycles. The highest BCUT2D eigenvalue weighted by Crippen LogP contribution is 2.64. The van der Waals surface area contributed by atoms with Crippen molar-refractivity contribution in [2.24, 2.45) is 17.3 Å². The van der Waals surface area contributed by atoms with Gasteiger partial charge in [0.15, 0.2) is 5.82 Å². The Morgan fingerprint density at radius 1 is 0.553 bits per heavy atom. The SMILES string of the molecule is O=C(c1nccn1C12CCC(CC1)C2=C(c1ccccc1)c1ccccc1)C12CCC(CC1)C2=C(c1ccccc1)c1ccccc1. The number of benzene rings is 4. The summed E-state index contributed by atoms with van der Waals surface area (Å²) in [6.45, 7) is 0. The van der Waals surface area contributed by atoms with Gasteiger partial charge in [-0.3, -0.25) is 4.79 Å². The molecule has 4 aromatic carbocycles. The number of hydrogen-bond acceptors (Lipinski definition) is 2. The number of Topliss-reactive ketones (excluding diaryl/α,β-unsaturated/α-hetero) is 1. The molecular formula is C44H40N2O. The molecule has 4 aliphatic carbocycles. The Morgan fingerprint density at radius 2 is 0.957 bits per heavy atom. The van der Waals surface area contributed by atoms with Crippen molar-refractivity contribution in [1.82, 2.24) is 9.55 Å². The molecule has 3 nitrogen and oxygen atoms in total. The molecule has 3 heteroatoms. The van der Waals surface area contributed by atoms with Crippen LogP contribution in [0.4, 0.5) is 0 Å². The van der Waals surface area contributed by atoms with Gasteiger partial charge in [-0.25, -0.2) is 4.98 Å². The Bertz CT molecular complexity index is 1900. The number of hydrogen-bond donors (Lipinski definition) is 0. The van der Waals surface area contributed by atoms with E-state index in [1.54, 1.807) is 0 Å². The standard InChI is InChI=1S/C44H40N2O/c47-41(43-25-21-35(22-26-43)39(43)37(31-13-5-1-6-14-31)32-15-7-2-8-16-32)42-45-29-30-46(42)44-27-23-36(24-28-44)40(44)38(33-17-9-3-10-18-33)34-19-11-4-12-20-34/h1-20,29-30,35-36H,21-28H2. The first-order valence-electron chi connectivity index (χ1n) is 17.5. The van der Waals surface area contributed by atoms with Gasteiger partial charge in [0.1, 0.15) is 0 Å². The van der Waals surface area contributed by atoms with Crippen LogP contribution in [0, 0.1) is 17.3 Å². The predicted octanol–water partition coefficient (Wildman–Crippen LogP) is 10.2. The summed E-state index contributed by atoms with van der Waals surface area (Å²) in [7, 11) is 0. The fourth-order valence-corrected chi connectivity index (χ4v) is 10.1. The third kappa shape index (κ3) is 4.32. The Balaban J connectivity index is 1.22. The monoisotopic (exact) mass is 612 g/mol. The first kappa shape index (κ1) is 28.5. The van der Waals surface area contributed by atoms with E-state index in [9.17, 15) is 0 Å². The molecule has 0 unspecified atom stereocenters. The van der Waals surface area contributed by atoms with E-state index in [0.29, 0.717) is 17.7 Å². The molecule has 4 bridgehead atoms. The molecule has 0 atom stereocenters. The number of imidazole rings is 1. The molecule has 0 saturated heterocycles. The van der Waals surface area contributed by atoms with Crippen LogP contribution in [0.5, 0.6) is 0 Å². The van der Waals surface area contributed by atoms with Crippen molar-refractivity contribution < 1.29 is 4.79 Å². The lowest BCUT2D eigenvalue weighted by molar-refractivity contribution is 0.0814. The molecule has 4 saturated carbocycles. The van der Waals surface area contributed by atoms with Gasteiger partial charge in [0, 0.05) is 12.4 Å². The van der Waals surface area contributed by atoms with Crippen molar-refractivity contribution in [1.29, 1.82) is 0 Å². The van der Waals surface area contributed by atoms with Gasteiger partial charge in [-0.05, 0) is 108 Å². The molecule has 0 aliphatic heterocycles. The quantitative estimate of drug-likeness (QED) is 0.171. The Hall–Kier alpha value is -4.76. The molecule has 0 amide bonds. The van der Waals surface area contributed by atoms with E-state index >= 15 is 4.79 Å². The minimum atomic E-state index is -0.520. The van der Waals surface area contributed by atoms with Gasteiger partial charge >= 0.3 is 0 Å². The number of rotatable bonds is 7. The molecular weight excluding hydrogens is 572 g/mol. The van der Waals surface area contributed by atoms with E-state index in [4.69, 9.17) is 4.98 Å². The molecule has 9 rings (SSSR count). The zero-order valence-electron chi connectivity index (χ0n) is 26.8. The smallest absolute Gasteiger partial charge is 0.208 e. The second-order valence-electron chi connectivity index (χ2n) is 14.2. The summed E-state index contributed by atoms with van der Waals surface area (Å²) in [4.78, 5) is 20.4. The number of carbonyl (C=O) groups excluding carboxylic acids is 1. The van der Waals surface area contributed by atoms with Crippen LogP contribution < -0.4 is 0 Å². The van der Waals surface area contributed by atoms with Gasteiger partial charge in [-0.1, -0.05) is 121 Å². The average Bonchev–Trinajstić information content (AvgIpc) is 3.98. The van der Waals surface area contributed by atoms with Crippen molar-refractivity contribution in [3.8, 4) is 0 Å². The summed E-state index contributed by atoms with van der Waals surface area (Å²) in [5.41, 5.74) is 9.62. The molecule has 5 aromatic rings. The molecule has 1 heterocycles. The van der Waals surface area contributed by atoms with Gasteiger partial charge in [0.2, 0.25) is 5.78 Å². The summed E-state index contributed by atoms with van der Waals surface area (Å²) < 4.78 is 2.35. The van der Waals surface area contributed by atoms with E-state index in [2.05, 4.69) is 132 Å². The predicted molar refractivity (Wildman–Crippen MR) is 189 cm³/mol. The number of nitrogens with zero attached hydrogens (tertiary/aromatic N) is 2. The van der Waals surface area contributed by atoms with Crippen LogP contribution in [-0.4, -0.2) is 15.3 Å². The van der Waals surface area contributed by atoms with Crippen LogP contribution in [0.1, 0.15) is 84.2 Å². The summed E-state index contributed by atoms with van der Waals surface area (Å²) in [6, 6.07) is 43.3. The summed E-state index contributed by atoms with van der Waals surface area (Å²) >= 11 is 0. The Kier molecular flexibility index (Phi) is 6.78. The van der Waals surface area contributed by atoms with E-state index in [0.717, 1.165) is 51.4 Å². The molecule has 4 fully saturated rings. The number of carbonyl (C=O) groups is 1. The normalized spacial score (nSPS) is 25.8. The van der Waals surface area contributed by atoms with Crippen LogP contribution in [-0.2, 0) is 5.54 Å². The van der Waals surface area contributed by atoms with Crippen molar-refractivity contribution in [2.75, 3.05) is 0 Å². The fraction of sp³-hybridized carbons (Fsp3) is 0.273. The highest BCUT2D eigenvalue weighted by Gasteiger charge is 2.58. The highest BCUT2D eigenvalue weighted by atomic mass is 16.1. The number of fused-ring (bicyclic) bond motifs is 4. The largest absolute Gasteiger partial charge is 0.319 e. The lowest BCUT2D eigenvalue weighted by Crippen LogP contribution is -2.37. The summed E-state index contributed by atoms with van der Waals surface area (Å²) in [5, 5.41) is 0. The number of allylic oxidation sites excluding steroid dienone is 2.